The maximum atomic E-state index is 11.0. The van der Waals surface area contributed by atoms with Gasteiger partial charge >= 0.3 is 0 Å². The van der Waals surface area contributed by atoms with Crippen LogP contribution < -0.4 is 0 Å². The van der Waals surface area contributed by atoms with Gasteiger partial charge in [0.2, 0.25) is 0 Å². The number of aryl methyl sites for hydroxylation is 1. The van der Waals surface area contributed by atoms with Gasteiger partial charge in [-0.2, -0.15) is 0 Å². The molecule has 1 aromatic rings. The number of hydrogen-bond donors (Lipinski definition) is 0. The fraction of sp³-hybridized carbons (Fsp3) is 0.667. The lowest BCUT2D eigenvalue weighted by Gasteiger charge is -2.44. The van der Waals surface area contributed by atoms with Crippen LogP contribution in [0.25, 0.3) is 0 Å². The van der Waals surface area contributed by atoms with Gasteiger partial charge in [-0.25, -0.2) is 4.99 Å². The van der Waals surface area contributed by atoms with Crippen LogP contribution in [-0.4, -0.2) is 32.8 Å². The van der Waals surface area contributed by atoms with E-state index in [0.717, 1.165) is 40.6 Å². The molecular formula is C21H29N3O2S. The molecule has 2 atom stereocenters. The van der Waals surface area contributed by atoms with Gasteiger partial charge < -0.3 is 4.90 Å². The summed E-state index contributed by atoms with van der Waals surface area (Å²) >= 11 is 1.89. The van der Waals surface area contributed by atoms with Gasteiger partial charge in [-0.1, -0.05) is 37.9 Å². The summed E-state index contributed by atoms with van der Waals surface area (Å²) in [4.78, 5) is 18.3. The Balaban J connectivity index is 1.63. The van der Waals surface area contributed by atoms with Gasteiger partial charge in [-0.15, -0.1) is 0 Å². The SMILES string of the molecule is CCCCN1C(=Nc2ccc([N+](=O)[O-])cc2C)SCC12CC1CCC(C1)C2. The van der Waals surface area contributed by atoms with Crippen LogP contribution in [0.1, 0.15) is 57.4 Å². The Bertz CT molecular complexity index is 752. The van der Waals surface area contributed by atoms with Crippen molar-refractivity contribution in [1.82, 2.24) is 4.90 Å². The molecule has 146 valence electrons. The average molecular weight is 388 g/mol. The third kappa shape index (κ3) is 3.60. The van der Waals surface area contributed by atoms with Crippen LogP contribution in [0, 0.1) is 28.9 Å². The molecule has 4 rings (SSSR count). The van der Waals surface area contributed by atoms with Crippen molar-refractivity contribution < 1.29 is 4.92 Å². The molecular weight excluding hydrogens is 358 g/mol. The zero-order valence-electron chi connectivity index (χ0n) is 16.3. The molecule has 2 saturated carbocycles. The Kier molecular flexibility index (Phi) is 5.19. The molecule has 3 fully saturated rings. The standard InChI is InChI=1S/C21H29N3O2S/c1-3-4-9-23-20(22-19-8-7-18(24(25)26)10-15(19)2)27-14-21(23)12-16-5-6-17(11-16)13-21/h7-8,10,16-17H,3-6,9,11-14H2,1-2H3. The lowest BCUT2D eigenvalue weighted by molar-refractivity contribution is -0.384. The van der Waals surface area contributed by atoms with Crippen molar-refractivity contribution >= 4 is 28.3 Å². The largest absolute Gasteiger partial charge is 0.345 e. The van der Waals surface area contributed by atoms with Crippen molar-refractivity contribution in [3.63, 3.8) is 0 Å². The topological polar surface area (TPSA) is 58.7 Å². The van der Waals surface area contributed by atoms with Crippen molar-refractivity contribution in [3.05, 3.63) is 33.9 Å². The van der Waals surface area contributed by atoms with E-state index in [1.165, 1.54) is 44.9 Å². The van der Waals surface area contributed by atoms with Gasteiger partial charge in [0.25, 0.3) is 5.69 Å². The lowest BCUT2D eigenvalue weighted by atomic mass is 9.75. The molecule has 0 N–H and O–H groups in total. The average Bonchev–Trinajstić information content (AvgIpc) is 3.14. The van der Waals surface area contributed by atoms with Gasteiger partial charge in [0, 0.05) is 24.4 Å². The van der Waals surface area contributed by atoms with Crippen molar-refractivity contribution in [2.45, 2.75) is 64.3 Å². The maximum Gasteiger partial charge on any atom is 0.269 e. The minimum absolute atomic E-state index is 0.138. The molecule has 0 amide bonds. The molecule has 1 aromatic carbocycles. The fourth-order valence-electron chi connectivity index (χ4n) is 5.33. The summed E-state index contributed by atoms with van der Waals surface area (Å²) < 4.78 is 0. The number of rotatable bonds is 5. The van der Waals surface area contributed by atoms with Gasteiger partial charge in [-0.05, 0) is 56.1 Å². The first-order valence-corrected chi connectivity index (χ1v) is 11.2. The number of unbranched alkanes of at least 4 members (excludes halogenated alkanes) is 1. The summed E-state index contributed by atoms with van der Waals surface area (Å²) in [6.07, 6.45) is 9.27. The van der Waals surface area contributed by atoms with Gasteiger partial charge in [0.15, 0.2) is 5.17 Å². The first-order chi connectivity index (χ1) is 13.0. The molecule has 1 aliphatic heterocycles. The number of hydrogen-bond acceptors (Lipinski definition) is 4. The Morgan fingerprint density at radius 3 is 2.70 bits per heavy atom. The molecule has 27 heavy (non-hydrogen) atoms. The molecule has 1 heterocycles. The third-order valence-corrected chi connectivity index (χ3v) is 7.85. The monoisotopic (exact) mass is 387 g/mol. The highest BCUT2D eigenvalue weighted by molar-refractivity contribution is 8.14. The molecule has 3 aliphatic rings. The minimum Gasteiger partial charge on any atom is -0.345 e. The fourth-order valence-corrected chi connectivity index (χ4v) is 6.72. The van der Waals surface area contributed by atoms with E-state index >= 15 is 0 Å². The summed E-state index contributed by atoms with van der Waals surface area (Å²) in [5.41, 5.74) is 2.16. The van der Waals surface area contributed by atoms with Crippen LogP contribution in [0.2, 0.25) is 0 Å². The molecule has 2 aliphatic carbocycles. The van der Waals surface area contributed by atoms with Crippen molar-refractivity contribution in [2.24, 2.45) is 16.8 Å². The van der Waals surface area contributed by atoms with Crippen molar-refractivity contribution in [1.29, 1.82) is 0 Å². The van der Waals surface area contributed by atoms with Crippen LogP contribution in [0.4, 0.5) is 11.4 Å². The second-order valence-electron chi connectivity index (χ2n) is 8.59. The van der Waals surface area contributed by atoms with E-state index in [4.69, 9.17) is 4.99 Å². The van der Waals surface area contributed by atoms with E-state index < -0.39 is 0 Å². The normalized spacial score (nSPS) is 31.2. The van der Waals surface area contributed by atoms with E-state index in [0.29, 0.717) is 0 Å². The van der Waals surface area contributed by atoms with Crippen LogP contribution in [0.5, 0.6) is 0 Å². The van der Waals surface area contributed by atoms with Gasteiger partial charge in [0.1, 0.15) is 0 Å². The maximum absolute atomic E-state index is 11.0. The first-order valence-electron chi connectivity index (χ1n) is 10.2. The van der Waals surface area contributed by atoms with Crippen LogP contribution >= 0.6 is 11.8 Å². The summed E-state index contributed by atoms with van der Waals surface area (Å²) in [6, 6.07) is 5.00. The summed E-state index contributed by atoms with van der Waals surface area (Å²) in [5, 5.41) is 12.1. The molecule has 0 radical (unpaired) electrons. The number of nitro benzene ring substituents is 1. The summed E-state index contributed by atoms with van der Waals surface area (Å²) in [6.45, 7) is 5.24. The minimum atomic E-state index is -0.339. The van der Waals surface area contributed by atoms with Crippen LogP contribution in [0.3, 0.4) is 0 Å². The number of nitrogens with zero attached hydrogens (tertiary/aromatic N) is 3. The zero-order chi connectivity index (χ0) is 19.0. The van der Waals surface area contributed by atoms with E-state index in [1.54, 1.807) is 18.2 Å². The van der Waals surface area contributed by atoms with E-state index in [2.05, 4.69) is 11.8 Å². The predicted octanol–water partition coefficient (Wildman–Crippen LogP) is 5.69. The highest BCUT2D eigenvalue weighted by atomic mass is 32.2. The van der Waals surface area contributed by atoms with Gasteiger partial charge in [0.05, 0.1) is 16.1 Å². The highest BCUT2D eigenvalue weighted by Crippen LogP contribution is 2.53. The smallest absolute Gasteiger partial charge is 0.269 e. The van der Waals surface area contributed by atoms with Crippen molar-refractivity contribution in [3.8, 4) is 0 Å². The first kappa shape index (κ1) is 18.8. The molecule has 0 aromatic heterocycles. The molecule has 5 nitrogen and oxygen atoms in total. The number of benzene rings is 1. The summed E-state index contributed by atoms with van der Waals surface area (Å²) in [5.74, 6) is 2.94. The Hall–Kier alpha value is -1.56. The molecule has 1 spiro atoms. The summed E-state index contributed by atoms with van der Waals surface area (Å²) in [7, 11) is 0. The second kappa shape index (κ2) is 7.46. The van der Waals surface area contributed by atoms with Crippen LogP contribution in [-0.2, 0) is 0 Å². The lowest BCUT2D eigenvalue weighted by Crippen LogP contribution is -2.51. The molecule has 6 heteroatoms. The van der Waals surface area contributed by atoms with Gasteiger partial charge in [-0.3, -0.25) is 10.1 Å². The number of thioether (sulfide) groups is 1. The number of aliphatic imine (C=N–C) groups is 1. The predicted molar refractivity (Wildman–Crippen MR) is 112 cm³/mol. The number of non-ortho nitro benzene ring substituents is 1. The highest BCUT2D eigenvalue weighted by Gasteiger charge is 2.51. The Morgan fingerprint density at radius 2 is 2.07 bits per heavy atom. The number of nitro groups is 1. The number of fused-ring (bicyclic) bond motifs is 2. The van der Waals surface area contributed by atoms with E-state index in [9.17, 15) is 10.1 Å². The van der Waals surface area contributed by atoms with Crippen molar-refractivity contribution in [2.75, 3.05) is 12.3 Å². The van der Waals surface area contributed by atoms with E-state index in [1.807, 2.05) is 18.7 Å². The zero-order valence-corrected chi connectivity index (χ0v) is 17.1. The molecule has 2 unspecified atom stereocenters. The third-order valence-electron chi connectivity index (χ3n) is 6.60. The Morgan fingerprint density at radius 1 is 1.33 bits per heavy atom. The number of amidine groups is 1. The Labute approximate surface area is 165 Å². The second-order valence-corrected chi connectivity index (χ2v) is 9.54. The van der Waals surface area contributed by atoms with E-state index in [-0.39, 0.29) is 16.1 Å². The quantitative estimate of drug-likeness (QED) is 0.481. The molecule has 1 saturated heterocycles. The molecule has 2 bridgehead atoms. The van der Waals surface area contributed by atoms with Crippen LogP contribution in [0.15, 0.2) is 23.2 Å².